The molecule has 0 aliphatic carbocycles. The molecule has 0 bridgehead atoms. The van der Waals surface area contributed by atoms with E-state index in [0.29, 0.717) is 6.04 Å². The minimum Gasteiger partial charge on any atom is -0.346 e. The summed E-state index contributed by atoms with van der Waals surface area (Å²) in [5.74, 6) is 2.72. The molecule has 1 aromatic carbocycles. The second kappa shape index (κ2) is 6.45. The third-order valence-electron chi connectivity index (χ3n) is 3.32. The lowest BCUT2D eigenvalue weighted by atomic mass is 10.1. The summed E-state index contributed by atoms with van der Waals surface area (Å²) >= 11 is 0. The van der Waals surface area contributed by atoms with Crippen molar-refractivity contribution in [3.8, 4) is 12.3 Å². The zero-order chi connectivity index (χ0) is 13.7. The van der Waals surface area contributed by atoms with Crippen LogP contribution < -0.4 is 5.32 Å². The number of benzene rings is 1. The van der Waals surface area contributed by atoms with Crippen molar-refractivity contribution in [2.45, 2.75) is 39.3 Å². The van der Waals surface area contributed by atoms with Crippen LogP contribution in [0.5, 0.6) is 0 Å². The smallest absolute Gasteiger partial charge is 0.0483 e. The van der Waals surface area contributed by atoms with Crippen LogP contribution in [0.4, 0.5) is 0 Å². The lowest BCUT2D eigenvalue weighted by Crippen LogP contribution is -2.24. The van der Waals surface area contributed by atoms with Crippen molar-refractivity contribution >= 4 is 10.9 Å². The highest BCUT2D eigenvalue weighted by atomic mass is 15.0. The summed E-state index contributed by atoms with van der Waals surface area (Å²) in [6.45, 7) is 6.27. The standard InChI is InChI=1S/C17H22N2/c1-4-5-12-19-13-15(10-11-18-14(2)3)16-8-6-7-9-17(16)19/h1,6-9,13-14,18H,5,10-12H2,2-3H3. The molecule has 2 aromatic rings. The molecule has 0 spiro atoms. The van der Waals surface area contributed by atoms with Gasteiger partial charge in [0.05, 0.1) is 0 Å². The van der Waals surface area contributed by atoms with Gasteiger partial charge in [0.25, 0.3) is 0 Å². The van der Waals surface area contributed by atoms with Crippen LogP contribution in [-0.4, -0.2) is 17.2 Å². The van der Waals surface area contributed by atoms with Gasteiger partial charge in [-0.25, -0.2) is 0 Å². The largest absolute Gasteiger partial charge is 0.346 e. The Balaban J connectivity index is 2.21. The summed E-state index contributed by atoms with van der Waals surface area (Å²) in [6.07, 6.45) is 9.46. The quantitative estimate of drug-likeness (QED) is 0.783. The van der Waals surface area contributed by atoms with Crippen LogP contribution in [0.1, 0.15) is 25.8 Å². The minimum atomic E-state index is 0.537. The van der Waals surface area contributed by atoms with Crippen molar-refractivity contribution in [3.63, 3.8) is 0 Å². The number of terminal acetylenes is 1. The molecule has 0 aliphatic rings. The monoisotopic (exact) mass is 254 g/mol. The van der Waals surface area contributed by atoms with Crippen molar-refractivity contribution in [1.82, 2.24) is 9.88 Å². The fourth-order valence-electron chi connectivity index (χ4n) is 2.39. The normalized spacial score (nSPS) is 11.1. The Hall–Kier alpha value is -1.72. The van der Waals surface area contributed by atoms with E-state index in [4.69, 9.17) is 6.42 Å². The number of rotatable bonds is 6. The molecule has 0 radical (unpaired) electrons. The van der Waals surface area contributed by atoms with E-state index in [9.17, 15) is 0 Å². The minimum absolute atomic E-state index is 0.537. The van der Waals surface area contributed by atoms with Crippen LogP contribution in [0.25, 0.3) is 10.9 Å². The van der Waals surface area contributed by atoms with Gasteiger partial charge in [-0.1, -0.05) is 32.0 Å². The number of aryl methyl sites for hydroxylation is 1. The van der Waals surface area contributed by atoms with E-state index in [1.54, 1.807) is 0 Å². The van der Waals surface area contributed by atoms with Crippen LogP contribution in [0.15, 0.2) is 30.5 Å². The van der Waals surface area contributed by atoms with Gasteiger partial charge in [-0.15, -0.1) is 12.3 Å². The Morgan fingerprint density at radius 1 is 1.32 bits per heavy atom. The van der Waals surface area contributed by atoms with Gasteiger partial charge < -0.3 is 9.88 Å². The lowest BCUT2D eigenvalue weighted by molar-refractivity contribution is 0.590. The first kappa shape index (κ1) is 13.7. The molecule has 2 heteroatoms. The predicted molar refractivity (Wildman–Crippen MR) is 82.2 cm³/mol. The molecule has 0 unspecified atom stereocenters. The Morgan fingerprint density at radius 3 is 2.84 bits per heavy atom. The molecule has 1 heterocycles. The van der Waals surface area contributed by atoms with Gasteiger partial charge in [-0.2, -0.15) is 0 Å². The van der Waals surface area contributed by atoms with Gasteiger partial charge in [-0.3, -0.25) is 0 Å². The van der Waals surface area contributed by atoms with Crippen molar-refractivity contribution in [2.24, 2.45) is 0 Å². The number of nitrogens with zero attached hydrogens (tertiary/aromatic N) is 1. The van der Waals surface area contributed by atoms with E-state index in [0.717, 1.165) is 25.9 Å². The van der Waals surface area contributed by atoms with Gasteiger partial charge in [0, 0.05) is 36.1 Å². The number of para-hydroxylation sites is 1. The molecule has 0 aliphatic heterocycles. The Kier molecular flexibility index (Phi) is 4.65. The number of hydrogen-bond acceptors (Lipinski definition) is 1. The fourth-order valence-corrected chi connectivity index (χ4v) is 2.39. The van der Waals surface area contributed by atoms with Crippen LogP contribution in [0, 0.1) is 12.3 Å². The van der Waals surface area contributed by atoms with Crippen molar-refractivity contribution in [1.29, 1.82) is 0 Å². The maximum absolute atomic E-state index is 5.37. The highest BCUT2D eigenvalue weighted by molar-refractivity contribution is 5.84. The highest BCUT2D eigenvalue weighted by Crippen LogP contribution is 2.21. The number of hydrogen-bond donors (Lipinski definition) is 1. The maximum atomic E-state index is 5.37. The fraction of sp³-hybridized carbons (Fsp3) is 0.412. The highest BCUT2D eigenvalue weighted by Gasteiger charge is 2.07. The van der Waals surface area contributed by atoms with Crippen LogP contribution in [0.2, 0.25) is 0 Å². The molecule has 1 aromatic heterocycles. The van der Waals surface area contributed by atoms with Crippen LogP contribution in [0.3, 0.4) is 0 Å². The lowest BCUT2D eigenvalue weighted by Gasteiger charge is -2.06. The molecule has 0 atom stereocenters. The molecule has 0 saturated carbocycles. The molecular formula is C17H22N2. The molecule has 0 amide bonds. The summed E-state index contributed by atoms with van der Waals surface area (Å²) in [4.78, 5) is 0. The summed E-state index contributed by atoms with van der Waals surface area (Å²) in [6, 6.07) is 9.10. The van der Waals surface area contributed by atoms with Crippen molar-refractivity contribution in [2.75, 3.05) is 6.54 Å². The topological polar surface area (TPSA) is 17.0 Å². The van der Waals surface area contributed by atoms with Crippen molar-refractivity contribution in [3.05, 3.63) is 36.0 Å². The van der Waals surface area contributed by atoms with Crippen LogP contribution >= 0.6 is 0 Å². The van der Waals surface area contributed by atoms with E-state index in [-0.39, 0.29) is 0 Å². The van der Waals surface area contributed by atoms with Crippen LogP contribution in [-0.2, 0) is 13.0 Å². The summed E-state index contributed by atoms with van der Waals surface area (Å²) in [5, 5.41) is 4.82. The molecule has 100 valence electrons. The SMILES string of the molecule is C#CCCn1cc(CCNC(C)C)c2ccccc21. The zero-order valence-corrected chi connectivity index (χ0v) is 11.8. The Morgan fingerprint density at radius 2 is 2.11 bits per heavy atom. The second-order valence-corrected chi connectivity index (χ2v) is 5.18. The molecule has 2 nitrogen and oxygen atoms in total. The number of nitrogens with one attached hydrogen (secondary N) is 1. The van der Waals surface area contributed by atoms with Gasteiger partial charge in [0.2, 0.25) is 0 Å². The molecule has 2 rings (SSSR count). The average molecular weight is 254 g/mol. The zero-order valence-electron chi connectivity index (χ0n) is 11.8. The second-order valence-electron chi connectivity index (χ2n) is 5.18. The van der Waals surface area contributed by atoms with E-state index >= 15 is 0 Å². The van der Waals surface area contributed by atoms with E-state index in [1.807, 2.05) is 0 Å². The molecule has 19 heavy (non-hydrogen) atoms. The third kappa shape index (κ3) is 3.39. The molecular weight excluding hydrogens is 232 g/mol. The van der Waals surface area contributed by atoms with Gasteiger partial charge in [0.1, 0.15) is 0 Å². The molecule has 0 saturated heterocycles. The molecule has 1 N–H and O–H groups in total. The van der Waals surface area contributed by atoms with Gasteiger partial charge in [0.15, 0.2) is 0 Å². The first-order chi connectivity index (χ1) is 9.22. The van der Waals surface area contributed by atoms with E-state index in [1.165, 1.54) is 16.5 Å². The number of aromatic nitrogens is 1. The number of fused-ring (bicyclic) bond motifs is 1. The average Bonchev–Trinajstić information content (AvgIpc) is 2.75. The summed E-state index contributed by atoms with van der Waals surface area (Å²) in [7, 11) is 0. The third-order valence-corrected chi connectivity index (χ3v) is 3.32. The van der Waals surface area contributed by atoms with Crippen molar-refractivity contribution < 1.29 is 0 Å². The molecule has 0 fully saturated rings. The predicted octanol–water partition coefficient (Wildman–Crippen LogP) is 3.21. The summed E-state index contributed by atoms with van der Waals surface area (Å²) in [5.41, 5.74) is 2.69. The van der Waals surface area contributed by atoms with E-state index < -0.39 is 0 Å². The first-order valence-corrected chi connectivity index (χ1v) is 6.96. The Bertz CT molecular complexity index is 572. The van der Waals surface area contributed by atoms with Gasteiger partial charge >= 0.3 is 0 Å². The maximum Gasteiger partial charge on any atom is 0.0483 e. The Labute approximate surface area is 115 Å². The first-order valence-electron chi connectivity index (χ1n) is 6.96. The summed E-state index contributed by atoms with van der Waals surface area (Å²) < 4.78 is 2.28. The van der Waals surface area contributed by atoms with Gasteiger partial charge in [-0.05, 0) is 24.6 Å². The van der Waals surface area contributed by atoms with E-state index in [2.05, 4.69) is 60.1 Å².